The average molecular weight is 537 g/mol. The lowest BCUT2D eigenvalue weighted by molar-refractivity contribution is 0.102. The number of amides is 1. The molecule has 1 aromatic carbocycles. The Morgan fingerprint density at radius 2 is 1.78 bits per heavy atom. The van der Waals surface area contributed by atoms with Gasteiger partial charge >= 0.3 is 0 Å². The molecule has 0 saturated heterocycles. The van der Waals surface area contributed by atoms with Gasteiger partial charge in [0, 0.05) is 5.69 Å². The molecule has 27 heavy (non-hydrogen) atoms. The average Bonchev–Trinajstić information content (AvgIpc) is 2.96. The van der Waals surface area contributed by atoms with Crippen LogP contribution < -0.4 is 10.0 Å². The number of nitrogens with one attached hydrogen (secondary N) is 3. The van der Waals surface area contributed by atoms with Gasteiger partial charge in [0.05, 0.1) is 9.37 Å². The monoisotopic (exact) mass is 534 g/mol. The summed E-state index contributed by atoms with van der Waals surface area (Å²) < 4.78 is 28.0. The number of aromatic amines is 1. The number of sulfonamides is 1. The van der Waals surface area contributed by atoms with Gasteiger partial charge in [0.2, 0.25) is 0 Å². The Morgan fingerprint density at radius 3 is 2.33 bits per heavy atom. The van der Waals surface area contributed by atoms with Gasteiger partial charge in [-0.2, -0.15) is 5.10 Å². The van der Waals surface area contributed by atoms with Gasteiger partial charge < -0.3 is 5.32 Å². The van der Waals surface area contributed by atoms with Gasteiger partial charge in [-0.15, -0.1) is 10.2 Å². The van der Waals surface area contributed by atoms with E-state index >= 15 is 0 Å². The zero-order valence-electron chi connectivity index (χ0n) is 13.1. The number of carbonyl (C=O) groups is 1. The molecule has 0 aliphatic heterocycles. The smallest absolute Gasteiger partial charge is 0.277 e. The van der Waals surface area contributed by atoms with Crippen molar-refractivity contribution in [2.75, 3.05) is 10.0 Å². The summed E-state index contributed by atoms with van der Waals surface area (Å²) >= 11 is 12.0. The van der Waals surface area contributed by atoms with Gasteiger partial charge in [-0.1, -0.05) is 11.6 Å². The van der Waals surface area contributed by atoms with Crippen LogP contribution in [0, 0.1) is 0 Å². The number of carbonyl (C=O) groups excluding carboxylic acids is 1. The number of anilines is 2. The van der Waals surface area contributed by atoms with Crippen molar-refractivity contribution in [2.24, 2.45) is 0 Å². The molecular weight excluding hydrogens is 528 g/mol. The highest BCUT2D eigenvalue weighted by molar-refractivity contribution is 9.13. The minimum absolute atomic E-state index is 0.0130. The molecule has 0 aliphatic carbocycles. The molecule has 0 aliphatic rings. The summed E-state index contributed by atoms with van der Waals surface area (Å²) in [6.07, 6.45) is 0. The van der Waals surface area contributed by atoms with Gasteiger partial charge in [-0.25, -0.2) is 8.42 Å². The van der Waals surface area contributed by atoms with Crippen LogP contribution in [0.4, 0.5) is 11.5 Å². The van der Waals surface area contributed by atoms with Crippen LogP contribution in [-0.2, 0) is 10.0 Å². The largest absolute Gasteiger partial charge is 0.321 e. The maximum absolute atomic E-state index is 12.4. The fraction of sp³-hybridized carbons (Fsp3) is 0. The summed E-state index contributed by atoms with van der Waals surface area (Å²) in [7, 11) is -3.87. The third-order valence-corrected chi connectivity index (χ3v) is 6.63. The standard InChI is InChI=1S/C14H9Br2ClN6O3S/c15-11-12(21-22-13(11)16)14(24)18-7-1-3-8(4-2-7)27(25,26)23-10-6-5-9(17)19-20-10/h1-6H,(H,18,24)(H,20,23)(H,21,22). The van der Waals surface area contributed by atoms with Crippen LogP contribution in [0.5, 0.6) is 0 Å². The number of nitrogens with zero attached hydrogens (tertiary/aromatic N) is 3. The van der Waals surface area contributed by atoms with Crippen molar-refractivity contribution >= 4 is 70.9 Å². The first-order chi connectivity index (χ1) is 12.8. The first-order valence-electron chi connectivity index (χ1n) is 7.09. The molecule has 0 atom stereocenters. The van der Waals surface area contributed by atoms with Crippen LogP contribution in [-0.4, -0.2) is 34.7 Å². The maximum Gasteiger partial charge on any atom is 0.277 e. The van der Waals surface area contributed by atoms with E-state index in [1.165, 1.54) is 36.4 Å². The Labute approximate surface area is 175 Å². The molecule has 0 spiro atoms. The number of aromatic nitrogens is 4. The van der Waals surface area contributed by atoms with Gasteiger partial charge in [0.1, 0.15) is 4.60 Å². The van der Waals surface area contributed by atoms with Crippen LogP contribution >= 0.6 is 43.5 Å². The fourth-order valence-electron chi connectivity index (χ4n) is 1.93. The minimum Gasteiger partial charge on any atom is -0.321 e. The van der Waals surface area contributed by atoms with Gasteiger partial charge in [-0.3, -0.25) is 14.6 Å². The Kier molecular flexibility index (Phi) is 5.79. The summed E-state index contributed by atoms with van der Waals surface area (Å²) in [6, 6.07) is 8.40. The summed E-state index contributed by atoms with van der Waals surface area (Å²) in [5.74, 6) is -0.431. The lowest BCUT2D eigenvalue weighted by Gasteiger charge is -2.08. The van der Waals surface area contributed by atoms with Crippen LogP contribution in [0.15, 0.2) is 50.4 Å². The molecular formula is C14H9Br2ClN6O3S. The predicted molar refractivity (Wildman–Crippen MR) is 106 cm³/mol. The number of halogens is 3. The highest BCUT2D eigenvalue weighted by Crippen LogP contribution is 2.25. The zero-order chi connectivity index (χ0) is 19.6. The fourth-order valence-corrected chi connectivity index (χ4v) is 3.66. The molecule has 0 bridgehead atoms. The third-order valence-electron chi connectivity index (χ3n) is 3.17. The van der Waals surface area contributed by atoms with Crippen LogP contribution in [0.3, 0.4) is 0 Å². The molecule has 0 unspecified atom stereocenters. The molecule has 0 saturated carbocycles. The Bertz CT molecular complexity index is 1090. The Morgan fingerprint density at radius 1 is 1.07 bits per heavy atom. The van der Waals surface area contributed by atoms with E-state index in [4.69, 9.17) is 11.6 Å². The molecule has 1 amide bonds. The number of hydrogen-bond donors (Lipinski definition) is 3. The van der Waals surface area contributed by atoms with E-state index in [1.54, 1.807) is 0 Å². The zero-order valence-corrected chi connectivity index (χ0v) is 17.8. The second-order valence-corrected chi connectivity index (χ2v) is 8.68. The van der Waals surface area contributed by atoms with Crippen molar-refractivity contribution in [2.45, 2.75) is 4.90 Å². The molecule has 0 radical (unpaired) electrons. The molecule has 2 aromatic heterocycles. The SMILES string of the molecule is O=C(Nc1ccc(S(=O)(=O)Nc2ccc(Cl)nn2)cc1)c1n[nH]c(Br)c1Br. The number of hydrogen-bond acceptors (Lipinski definition) is 6. The molecule has 3 N–H and O–H groups in total. The third kappa shape index (κ3) is 4.64. The Hall–Kier alpha value is -2.02. The van der Waals surface area contributed by atoms with Gasteiger partial charge in [0.25, 0.3) is 15.9 Å². The second kappa shape index (κ2) is 7.92. The molecule has 9 nitrogen and oxygen atoms in total. The quantitative estimate of drug-likeness (QED) is 0.458. The number of rotatable bonds is 5. The molecule has 13 heteroatoms. The highest BCUT2D eigenvalue weighted by Gasteiger charge is 2.18. The number of benzene rings is 1. The number of H-pyrrole nitrogens is 1. The second-order valence-electron chi connectivity index (χ2n) is 5.03. The van der Waals surface area contributed by atoms with E-state index in [9.17, 15) is 13.2 Å². The van der Waals surface area contributed by atoms with Crippen molar-refractivity contribution in [1.29, 1.82) is 0 Å². The molecule has 3 aromatic rings. The van der Waals surface area contributed by atoms with E-state index < -0.39 is 15.9 Å². The van der Waals surface area contributed by atoms with E-state index in [1.807, 2.05) is 0 Å². The van der Waals surface area contributed by atoms with Crippen molar-refractivity contribution in [1.82, 2.24) is 20.4 Å². The van der Waals surface area contributed by atoms with E-state index in [2.05, 4.69) is 62.3 Å². The van der Waals surface area contributed by atoms with E-state index in [-0.39, 0.29) is 21.6 Å². The predicted octanol–water partition coefficient (Wildman–Crippen LogP) is 3.43. The topological polar surface area (TPSA) is 130 Å². The molecule has 0 fully saturated rings. The summed E-state index contributed by atoms with van der Waals surface area (Å²) in [4.78, 5) is 12.2. The van der Waals surface area contributed by atoms with Crippen molar-refractivity contribution in [3.8, 4) is 0 Å². The summed E-state index contributed by atoms with van der Waals surface area (Å²) in [5.41, 5.74) is 0.554. The van der Waals surface area contributed by atoms with Crippen molar-refractivity contribution in [3.05, 3.63) is 56.3 Å². The van der Waals surface area contributed by atoms with Crippen molar-refractivity contribution < 1.29 is 13.2 Å². The van der Waals surface area contributed by atoms with Crippen LogP contribution in [0.25, 0.3) is 0 Å². The summed E-state index contributed by atoms with van der Waals surface area (Å²) in [6.45, 7) is 0. The lowest BCUT2D eigenvalue weighted by atomic mass is 10.3. The first kappa shape index (κ1) is 19.7. The highest BCUT2D eigenvalue weighted by atomic mass is 79.9. The van der Waals surface area contributed by atoms with E-state index in [0.717, 1.165) is 0 Å². The minimum atomic E-state index is -3.87. The van der Waals surface area contributed by atoms with E-state index in [0.29, 0.717) is 14.8 Å². The Balaban J connectivity index is 1.73. The van der Waals surface area contributed by atoms with Crippen molar-refractivity contribution in [3.63, 3.8) is 0 Å². The van der Waals surface area contributed by atoms with Gasteiger partial charge in [0.15, 0.2) is 16.7 Å². The van der Waals surface area contributed by atoms with Gasteiger partial charge in [-0.05, 0) is 68.3 Å². The van der Waals surface area contributed by atoms with Crippen LogP contribution in [0.2, 0.25) is 5.15 Å². The normalized spacial score (nSPS) is 11.2. The lowest BCUT2D eigenvalue weighted by Crippen LogP contribution is -2.15. The molecule has 2 heterocycles. The maximum atomic E-state index is 12.4. The molecule has 3 rings (SSSR count). The summed E-state index contributed by atoms with van der Waals surface area (Å²) in [5, 5.41) is 16.5. The van der Waals surface area contributed by atoms with Crippen LogP contribution in [0.1, 0.15) is 10.5 Å². The first-order valence-corrected chi connectivity index (χ1v) is 10.5. The molecule has 140 valence electrons.